The number of hydrogen-bond donors (Lipinski definition) is 20. The Morgan fingerprint density at radius 2 is 1.09 bits per heavy atom. The van der Waals surface area contributed by atoms with Crippen molar-refractivity contribution < 1.29 is 86.6 Å². The molecule has 3 aromatic heterocycles. The first-order valence-corrected chi connectivity index (χ1v) is 46.5. The molecule has 8 rings (SSSR count). The smallest absolute Gasteiger partial charge is 0.246 e. The first kappa shape index (κ1) is 106. The summed E-state index contributed by atoms with van der Waals surface area (Å²) in [4.78, 5) is 264. The van der Waals surface area contributed by atoms with E-state index in [2.05, 4.69) is 83.7 Å². The molecule has 13 atom stereocenters. The minimum Gasteiger partial charge on any atom is -0.394 e. The lowest BCUT2D eigenvalue weighted by Gasteiger charge is -2.36. The summed E-state index contributed by atoms with van der Waals surface area (Å²) in [5, 5.41) is 52.5. The number of likely N-dealkylation sites (N-methyl/N-ethyl adjacent to an activating group) is 3. The lowest BCUT2D eigenvalue weighted by atomic mass is 10.00. The number of rotatable bonds is 26. The number of fused-ring (bicyclic) bond motifs is 3. The Morgan fingerprint density at radius 1 is 0.537 bits per heavy atom. The number of nitrogens with two attached hydrogens (primary N) is 3. The van der Waals surface area contributed by atoms with Crippen molar-refractivity contribution in [3.05, 3.63) is 126 Å². The van der Waals surface area contributed by atoms with Crippen LogP contribution in [0.1, 0.15) is 153 Å². The van der Waals surface area contributed by atoms with E-state index in [0.29, 0.717) is 69.9 Å². The van der Waals surface area contributed by atoms with Crippen LogP contribution in [0, 0.1) is 11.3 Å². The number of unbranched alkanes of at least 4 members (excludes halogenated alkanes) is 2. The van der Waals surface area contributed by atoms with Crippen molar-refractivity contribution in [3.63, 3.8) is 0 Å². The topological polar surface area (TPSA) is 630 Å². The van der Waals surface area contributed by atoms with Crippen LogP contribution in [0.15, 0.2) is 104 Å². The normalized spacial score (nSPS) is 23.5. The number of aliphatic hydroxyl groups is 1. The molecule has 43 heteroatoms. The molecular weight excluding hydrogens is 1750 g/mol. The first-order valence-electron chi connectivity index (χ1n) is 45.3. The summed E-state index contributed by atoms with van der Waals surface area (Å²) >= 11 is 0.796. The van der Waals surface area contributed by atoms with Crippen LogP contribution in [-0.2, 0) is 107 Å². The highest BCUT2D eigenvalue weighted by atomic mass is 32.2. The second-order valence-corrected chi connectivity index (χ2v) is 35.2. The number of para-hydroxylation sites is 2. The van der Waals surface area contributed by atoms with Crippen molar-refractivity contribution in [2.45, 2.75) is 235 Å². The van der Waals surface area contributed by atoms with Crippen LogP contribution >= 0.6 is 11.8 Å². The van der Waals surface area contributed by atoms with Crippen LogP contribution in [0.3, 0.4) is 0 Å². The molecule has 0 aliphatic carbocycles. The van der Waals surface area contributed by atoms with Crippen molar-refractivity contribution in [1.29, 1.82) is 5.41 Å². The number of H-pyrrole nitrogens is 3. The van der Waals surface area contributed by atoms with Gasteiger partial charge in [0.15, 0.2) is 5.96 Å². The fraction of sp³-hybridized carbons (Fsp3) is 0.527. The highest BCUT2D eigenvalue weighted by Crippen LogP contribution is 2.26. The summed E-state index contributed by atoms with van der Waals surface area (Å²) in [6, 6.07) is 3.81. The number of benzene rings is 3. The molecule has 134 heavy (non-hydrogen) atoms. The van der Waals surface area contributed by atoms with Gasteiger partial charge in [-0.05, 0) is 99.5 Å². The molecule has 2 aliphatic heterocycles. The molecule has 3 aromatic carbocycles. The molecule has 0 radical (unpaired) electrons. The molecule has 2 saturated heterocycles. The molecule has 728 valence electrons. The zero-order valence-corrected chi connectivity index (χ0v) is 77.9. The predicted octanol–water partition coefficient (Wildman–Crippen LogP) is -1.31. The van der Waals surface area contributed by atoms with Gasteiger partial charge in [0.1, 0.15) is 78.5 Å². The van der Waals surface area contributed by atoms with E-state index in [-0.39, 0.29) is 115 Å². The predicted molar refractivity (Wildman–Crippen MR) is 499 cm³/mol. The van der Waals surface area contributed by atoms with E-state index < -0.39 is 216 Å². The molecular formula is C91H130N24O18S. The van der Waals surface area contributed by atoms with Crippen LogP contribution < -0.4 is 81.0 Å². The fourth-order valence-electron chi connectivity index (χ4n) is 16.0. The summed E-state index contributed by atoms with van der Waals surface area (Å²) in [6.07, 6.45) is 6.79. The number of aliphatic hydroxyl groups excluding tert-OH is 1. The summed E-state index contributed by atoms with van der Waals surface area (Å²) in [6.45, 7) is 6.89. The summed E-state index contributed by atoms with van der Waals surface area (Å²) in [5.41, 5.74) is 20.3. The second kappa shape index (κ2) is 52.7. The highest BCUT2D eigenvalue weighted by molar-refractivity contribution is 8.00. The van der Waals surface area contributed by atoms with Gasteiger partial charge in [-0.1, -0.05) is 120 Å². The Morgan fingerprint density at radius 3 is 1.70 bits per heavy atom. The number of nitrogens with one attached hydrogen (secondary N) is 16. The van der Waals surface area contributed by atoms with Gasteiger partial charge in [0, 0.05) is 125 Å². The maximum atomic E-state index is 15.6. The summed E-state index contributed by atoms with van der Waals surface area (Å²) in [7, 11) is 4.00. The summed E-state index contributed by atoms with van der Waals surface area (Å²) in [5.74, 6) is -16.1. The molecule has 2 fully saturated rings. The van der Waals surface area contributed by atoms with E-state index in [9.17, 15) is 72.2 Å². The van der Waals surface area contributed by atoms with E-state index >= 15 is 14.4 Å². The summed E-state index contributed by atoms with van der Waals surface area (Å²) < 4.78 is 0. The Balaban J connectivity index is 1.14. The van der Waals surface area contributed by atoms with Crippen molar-refractivity contribution in [1.82, 2.24) is 103 Å². The number of carbonyl (C=O) groups excluding carboxylic acids is 17. The Bertz CT molecular complexity index is 5070. The number of aromatic amines is 3. The largest absolute Gasteiger partial charge is 0.394 e. The monoisotopic (exact) mass is 1880 g/mol. The SMILES string of the molecule is CCCC[C@H]1C(=O)N(C)[C@@H](CCCC)C(=O)N[C@@H](CCCNC(=N)N)C(=O)N[C@H](C(=O)NCC(N)=O)CSCC(=O)N[C@@H](Cc2ccccc2)C(=O)N(C)[C@@H](C)C(=O)N[C@@H](CC(N)=O)C(=O)N2CCC[C@H]2C(=O)N[C@@H](Cc2cnc[nH]2)C(=O)N[C@@H](CC(C)C)C(=O)NCCCCC(=O)N[C@@H](Cc2c[nH]c3ccccc23)C(=O)N[C@@H](CO)C(=O)N[C@@H](Cc2c[nH]c3ccccc23)C(=O)N1C. The number of aromatic nitrogens is 4. The molecule has 23 N–H and O–H groups in total. The van der Waals surface area contributed by atoms with Crippen LogP contribution in [0.4, 0.5) is 0 Å². The standard InChI is InChI=1S/C91H130N24O18S/c1-9-11-31-71-85(128)105-62(30-22-36-98-91(94)95)81(124)111-70(80(123)101-47-75(93)118)49-134-50-77(120)104-66(39-54-24-14-13-15-25-54)87(130)112(6)53(5)78(121)108-68(43-74(92)117)89(132)115-37-23-33-72(115)86(129)107-65(42-57-46-96-51-102-57)83(126)106-63(38-52(3)4)79(122)97-35-21-20-34-76(119)103-64(40-55-44-99-60-28-18-16-26-58(55)60)82(125)110-69(48-116)84(127)109-67(41-56-45-100-61-29-19-17-27-59(56)61)88(131)114(8)73(32-12-10-2)90(133)113(71)7/h13-19,24-29,44-46,51-53,62-73,99-100,116H,9-12,20-23,30-43,47-50H2,1-8H3,(H2,92,117)(H2,93,118)(H,96,102)(H,97,122)(H,101,123)(H,103,119)(H,104,120)(H,105,128)(H,106,126)(H,107,129)(H,108,121)(H,109,127)(H,110,125)(H,111,124)(H4,94,95,98)/t53-,62-,63-,64-,65-,66-,67-,68-,69-,70-,71-,72-,73-/m0/s1. The number of imidazole rings is 1. The fourth-order valence-corrected chi connectivity index (χ4v) is 16.9. The molecule has 2 aliphatic rings. The number of thioether (sulfide) groups is 1. The average molecular weight is 1880 g/mol. The van der Waals surface area contributed by atoms with E-state index in [1.165, 1.54) is 50.4 Å². The van der Waals surface area contributed by atoms with Crippen LogP contribution in [0.5, 0.6) is 0 Å². The van der Waals surface area contributed by atoms with E-state index in [4.69, 9.17) is 22.6 Å². The third-order valence-corrected chi connectivity index (χ3v) is 24.6. The number of guanidine groups is 1. The molecule has 0 saturated carbocycles. The van der Waals surface area contributed by atoms with Crippen molar-refractivity contribution in [2.24, 2.45) is 23.1 Å². The molecule has 0 bridgehead atoms. The van der Waals surface area contributed by atoms with Crippen LogP contribution in [0.2, 0.25) is 0 Å². The number of amides is 17. The molecule has 17 amide bonds. The van der Waals surface area contributed by atoms with Gasteiger partial charge < -0.3 is 121 Å². The van der Waals surface area contributed by atoms with Crippen molar-refractivity contribution in [3.8, 4) is 0 Å². The highest BCUT2D eigenvalue weighted by Gasteiger charge is 2.44. The van der Waals surface area contributed by atoms with Gasteiger partial charge in [-0.3, -0.25) is 86.9 Å². The van der Waals surface area contributed by atoms with Gasteiger partial charge >= 0.3 is 0 Å². The zero-order valence-electron chi connectivity index (χ0n) is 77.0. The lowest BCUT2D eigenvalue weighted by Crippen LogP contribution is -2.61. The van der Waals surface area contributed by atoms with Crippen molar-refractivity contribution >= 4 is 140 Å². The van der Waals surface area contributed by atoms with Crippen molar-refractivity contribution in [2.75, 3.05) is 65.4 Å². The van der Waals surface area contributed by atoms with E-state index in [1.54, 1.807) is 79.1 Å². The second-order valence-electron chi connectivity index (χ2n) is 34.2. The number of carbonyl (C=O) groups is 17. The number of nitrogens with zero attached hydrogens (tertiary/aromatic N) is 5. The lowest BCUT2D eigenvalue weighted by molar-refractivity contribution is -0.149. The number of primary amides is 2. The number of hydrogen-bond acceptors (Lipinski definition) is 21. The van der Waals surface area contributed by atoms with E-state index in [0.717, 1.165) is 21.6 Å². The van der Waals surface area contributed by atoms with Gasteiger partial charge in [0.25, 0.3) is 0 Å². The Hall–Kier alpha value is -13.5. The van der Waals surface area contributed by atoms with Crippen LogP contribution in [0.25, 0.3) is 21.8 Å². The van der Waals surface area contributed by atoms with Gasteiger partial charge in [0.2, 0.25) is 100 Å². The van der Waals surface area contributed by atoms with Gasteiger partial charge in [-0.25, -0.2) is 4.98 Å². The molecule has 0 spiro atoms. The maximum Gasteiger partial charge on any atom is 0.246 e. The molecule has 0 unspecified atom stereocenters. The van der Waals surface area contributed by atoms with Gasteiger partial charge in [-0.15, -0.1) is 11.8 Å². The Kier molecular flexibility index (Phi) is 41.6. The third-order valence-electron chi connectivity index (χ3n) is 23.5. The quantitative estimate of drug-likeness (QED) is 0.0170. The maximum absolute atomic E-state index is 15.6. The average Bonchev–Trinajstić information content (AvgIpc) is 1.73. The van der Waals surface area contributed by atoms with Crippen LogP contribution in [-0.4, -0.2) is 295 Å². The minimum atomic E-state index is -1.78. The Labute approximate surface area is 781 Å². The van der Waals surface area contributed by atoms with Gasteiger partial charge in [-0.2, -0.15) is 0 Å². The molecule has 5 heterocycles. The minimum absolute atomic E-state index is 0.00387. The first-order chi connectivity index (χ1) is 64.0. The molecule has 42 nitrogen and oxygen atoms in total. The zero-order chi connectivity index (χ0) is 97.8. The molecule has 6 aromatic rings. The van der Waals surface area contributed by atoms with Gasteiger partial charge in [0.05, 0.1) is 31.7 Å². The third kappa shape index (κ3) is 31.6. The van der Waals surface area contributed by atoms with E-state index in [1.807, 2.05) is 39.8 Å².